The molecule has 0 aliphatic carbocycles. The van der Waals surface area contributed by atoms with Gasteiger partial charge < -0.3 is 10.1 Å². The molecule has 1 amide bonds. The fourth-order valence-electron chi connectivity index (χ4n) is 0.907. The van der Waals surface area contributed by atoms with E-state index in [1.165, 1.54) is 0 Å². The van der Waals surface area contributed by atoms with E-state index in [2.05, 4.69) is 21.2 Å². The Kier molecular flexibility index (Phi) is 6.33. The second kappa shape index (κ2) is 6.38. The van der Waals surface area contributed by atoms with Crippen LogP contribution in [0.1, 0.15) is 27.2 Å². The molecule has 0 aliphatic heterocycles. The summed E-state index contributed by atoms with van der Waals surface area (Å²) in [5.74, 6) is -0.0483. The first-order valence-corrected chi connectivity index (χ1v) is 5.58. The highest BCUT2D eigenvalue weighted by Crippen LogP contribution is 2.09. The number of carbonyl (C=O) groups excluding carboxylic acids is 1. The van der Waals surface area contributed by atoms with E-state index in [9.17, 15) is 4.79 Å². The first-order chi connectivity index (χ1) is 6.02. The topological polar surface area (TPSA) is 38.3 Å². The Morgan fingerprint density at radius 1 is 1.54 bits per heavy atom. The second-order valence-electron chi connectivity index (χ2n) is 3.51. The van der Waals surface area contributed by atoms with Crippen LogP contribution < -0.4 is 5.32 Å². The van der Waals surface area contributed by atoms with E-state index >= 15 is 0 Å². The van der Waals surface area contributed by atoms with Crippen LogP contribution >= 0.6 is 15.9 Å². The van der Waals surface area contributed by atoms with E-state index in [1.54, 1.807) is 0 Å². The van der Waals surface area contributed by atoms with E-state index in [-0.39, 0.29) is 18.1 Å². The summed E-state index contributed by atoms with van der Waals surface area (Å²) >= 11 is 3.35. The first-order valence-electron chi connectivity index (χ1n) is 4.46. The summed E-state index contributed by atoms with van der Waals surface area (Å²) in [6, 6.07) is 0. The third-order valence-electron chi connectivity index (χ3n) is 1.63. The molecule has 1 N–H and O–H groups in total. The molecule has 0 heterocycles. The number of amides is 1. The van der Waals surface area contributed by atoms with Crippen molar-refractivity contribution in [2.75, 3.05) is 18.5 Å². The van der Waals surface area contributed by atoms with Crippen LogP contribution in [0, 0.1) is 0 Å². The summed E-state index contributed by atoms with van der Waals surface area (Å²) < 4.78 is 5.00. The van der Waals surface area contributed by atoms with Crippen molar-refractivity contribution in [3.63, 3.8) is 0 Å². The van der Waals surface area contributed by atoms with Crippen molar-refractivity contribution in [1.29, 1.82) is 0 Å². The monoisotopic (exact) mass is 251 g/mol. The average molecular weight is 252 g/mol. The Hall–Kier alpha value is -0.0900. The smallest absolute Gasteiger partial charge is 0.246 e. The highest BCUT2D eigenvalue weighted by Gasteiger charge is 2.18. The molecule has 0 radical (unpaired) electrons. The van der Waals surface area contributed by atoms with Gasteiger partial charge in [-0.1, -0.05) is 15.9 Å². The number of halogens is 1. The van der Waals surface area contributed by atoms with Gasteiger partial charge in [0, 0.05) is 17.5 Å². The van der Waals surface area contributed by atoms with Crippen molar-refractivity contribution in [3.8, 4) is 0 Å². The average Bonchev–Trinajstić information content (AvgIpc) is 1.99. The summed E-state index contributed by atoms with van der Waals surface area (Å²) in [4.78, 5) is 11.2. The normalized spacial score (nSPS) is 11.4. The zero-order chi connectivity index (χ0) is 10.3. The van der Waals surface area contributed by atoms with Crippen LogP contribution in [0.3, 0.4) is 0 Å². The standard InChI is InChI=1S/C9H18BrNO2/c1-4-13-7-8(12)11-9(2,3)5-6-10/h4-7H2,1-3H3,(H,11,12). The van der Waals surface area contributed by atoms with E-state index in [0.717, 1.165) is 11.8 Å². The lowest BCUT2D eigenvalue weighted by Crippen LogP contribution is -2.45. The van der Waals surface area contributed by atoms with Gasteiger partial charge in [-0.25, -0.2) is 0 Å². The number of alkyl halides is 1. The number of carbonyl (C=O) groups is 1. The fourth-order valence-corrected chi connectivity index (χ4v) is 1.90. The van der Waals surface area contributed by atoms with E-state index < -0.39 is 0 Å². The lowest BCUT2D eigenvalue weighted by Gasteiger charge is -2.25. The van der Waals surface area contributed by atoms with Crippen molar-refractivity contribution in [2.24, 2.45) is 0 Å². The van der Waals surface area contributed by atoms with Gasteiger partial charge in [0.2, 0.25) is 5.91 Å². The molecule has 0 unspecified atom stereocenters. The molecule has 13 heavy (non-hydrogen) atoms. The minimum absolute atomic E-state index is 0.0483. The third-order valence-corrected chi connectivity index (χ3v) is 2.03. The van der Waals surface area contributed by atoms with Gasteiger partial charge in [0.05, 0.1) is 0 Å². The number of hydrogen-bond donors (Lipinski definition) is 1. The lowest BCUT2D eigenvalue weighted by atomic mass is 10.0. The largest absolute Gasteiger partial charge is 0.372 e. The van der Waals surface area contributed by atoms with E-state index in [0.29, 0.717) is 6.61 Å². The molecule has 0 bridgehead atoms. The molecule has 0 aliphatic rings. The molecule has 0 saturated carbocycles. The van der Waals surface area contributed by atoms with Crippen molar-refractivity contribution < 1.29 is 9.53 Å². The fraction of sp³-hybridized carbons (Fsp3) is 0.889. The zero-order valence-electron chi connectivity index (χ0n) is 8.52. The molecular weight excluding hydrogens is 234 g/mol. The molecular formula is C9H18BrNO2. The summed E-state index contributed by atoms with van der Waals surface area (Å²) in [6.07, 6.45) is 0.908. The Labute approximate surface area is 88.4 Å². The Balaban J connectivity index is 3.75. The van der Waals surface area contributed by atoms with Crippen LogP contribution in [0.4, 0.5) is 0 Å². The quantitative estimate of drug-likeness (QED) is 0.731. The second-order valence-corrected chi connectivity index (χ2v) is 4.30. The van der Waals surface area contributed by atoms with Crippen molar-refractivity contribution in [1.82, 2.24) is 5.32 Å². The van der Waals surface area contributed by atoms with Crippen LogP contribution in [-0.2, 0) is 9.53 Å². The number of nitrogens with one attached hydrogen (secondary N) is 1. The van der Waals surface area contributed by atoms with Crippen LogP contribution in [-0.4, -0.2) is 30.0 Å². The summed E-state index contributed by atoms with van der Waals surface area (Å²) in [5, 5.41) is 3.78. The molecule has 4 heteroatoms. The van der Waals surface area contributed by atoms with Gasteiger partial charge in [-0.3, -0.25) is 4.79 Å². The van der Waals surface area contributed by atoms with Crippen LogP contribution in [0.2, 0.25) is 0 Å². The maximum atomic E-state index is 11.2. The van der Waals surface area contributed by atoms with Gasteiger partial charge in [0.1, 0.15) is 6.61 Å². The predicted molar refractivity (Wildman–Crippen MR) is 57.1 cm³/mol. The number of hydrogen-bond acceptors (Lipinski definition) is 2. The van der Waals surface area contributed by atoms with Gasteiger partial charge >= 0.3 is 0 Å². The van der Waals surface area contributed by atoms with Crippen molar-refractivity contribution in [3.05, 3.63) is 0 Å². The molecule has 0 aromatic heterocycles. The molecule has 0 spiro atoms. The predicted octanol–water partition coefficient (Wildman–Crippen LogP) is 1.70. The Bertz CT molecular complexity index is 160. The van der Waals surface area contributed by atoms with E-state index in [4.69, 9.17) is 4.74 Å². The Morgan fingerprint density at radius 3 is 2.62 bits per heavy atom. The SMILES string of the molecule is CCOCC(=O)NC(C)(C)CCBr. The first kappa shape index (κ1) is 12.9. The van der Waals surface area contributed by atoms with Crippen molar-refractivity contribution >= 4 is 21.8 Å². The third kappa shape index (κ3) is 7.02. The molecule has 0 aromatic rings. The van der Waals surface area contributed by atoms with Crippen LogP contribution in [0.15, 0.2) is 0 Å². The highest BCUT2D eigenvalue weighted by atomic mass is 79.9. The molecule has 0 atom stereocenters. The van der Waals surface area contributed by atoms with Gasteiger partial charge in [-0.15, -0.1) is 0 Å². The summed E-state index contributed by atoms with van der Waals surface area (Å²) in [5.41, 5.74) is -0.155. The highest BCUT2D eigenvalue weighted by molar-refractivity contribution is 9.09. The molecule has 0 rings (SSSR count). The number of ether oxygens (including phenoxy) is 1. The molecule has 3 nitrogen and oxygen atoms in total. The zero-order valence-corrected chi connectivity index (χ0v) is 10.1. The van der Waals surface area contributed by atoms with Crippen LogP contribution in [0.25, 0.3) is 0 Å². The molecule has 78 valence electrons. The minimum Gasteiger partial charge on any atom is -0.372 e. The molecule has 0 fully saturated rings. The summed E-state index contributed by atoms with van der Waals surface area (Å²) in [6.45, 7) is 6.60. The molecule has 0 saturated heterocycles. The Morgan fingerprint density at radius 2 is 2.15 bits per heavy atom. The van der Waals surface area contributed by atoms with Gasteiger partial charge in [0.15, 0.2) is 0 Å². The van der Waals surface area contributed by atoms with Gasteiger partial charge in [-0.05, 0) is 27.2 Å². The van der Waals surface area contributed by atoms with Gasteiger partial charge in [0.25, 0.3) is 0 Å². The van der Waals surface area contributed by atoms with Gasteiger partial charge in [-0.2, -0.15) is 0 Å². The van der Waals surface area contributed by atoms with E-state index in [1.807, 2.05) is 20.8 Å². The minimum atomic E-state index is -0.155. The summed E-state index contributed by atoms with van der Waals surface area (Å²) in [7, 11) is 0. The van der Waals surface area contributed by atoms with Crippen LogP contribution in [0.5, 0.6) is 0 Å². The van der Waals surface area contributed by atoms with Crippen molar-refractivity contribution in [2.45, 2.75) is 32.7 Å². The molecule has 0 aromatic carbocycles. The maximum absolute atomic E-state index is 11.2. The maximum Gasteiger partial charge on any atom is 0.246 e. The number of rotatable bonds is 6. The lowest BCUT2D eigenvalue weighted by molar-refractivity contribution is -0.127.